The summed E-state index contributed by atoms with van der Waals surface area (Å²) in [4.78, 5) is 22.2. The summed E-state index contributed by atoms with van der Waals surface area (Å²) in [6.07, 6.45) is 1.39. The Labute approximate surface area is 94.5 Å². The lowest BCUT2D eigenvalue weighted by Gasteiger charge is -1.95. The normalized spacial score (nSPS) is 16.9. The molecule has 0 unspecified atom stereocenters. The summed E-state index contributed by atoms with van der Waals surface area (Å²) in [6, 6.07) is 5.40. The minimum atomic E-state index is -1.08. The fourth-order valence-corrected chi connectivity index (χ4v) is 2.00. The lowest BCUT2D eigenvalue weighted by Crippen LogP contribution is -1.99. The Bertz CT molecular complexity index is 489. The third-order valence-corrected chi connectivity index (χ3v) is 2.78. The molecule has 1 N–H and O–H groups in total. The van der Waals surface area contributed by atoms with Gasteiger partial charge in [-0.15, -0.1) is 0 Å². The summed E-state index contributed by atoms with van der Waals surface area (Å²) in [5.41, 5.74) is 1.82. The van der Waals surface area contributed by atoms with Crippen molar-refractivity contribution in [3.63, 3.8) is 0 Å². The van der Waals surface area contributed by atoms with E-state index in [4.69, 9.17) is 5.11 Å². The number of hydrogen-bond acceptors (Lipinski definition) is 2. The number of allylic oxidation sites excluding steroid dienone is 1. The van der Waals surface area contributed by atoms with Crippen molar-refractivity contribution in [2.24, 2.45) is 0 Å². The molecule has 1 aliphatic carbocycles. The van der Waals surface area contributed by atoms with Crippen molar-refractivity contribution in [3.8, 4) is 0 Å². The second-order valence-corrected chi connectivity index (χ2v) is 4.23. The molecule has 76 valence electrons. The van der Waals surface area contributed by atoms with Gasteiger partial charge in [-0.25, -0.2) is 4.79 Å². The molecule has 0 aromatic heterocycles. The van der Waals surface area contributed by atoms with Crippen LogP contribution in [0.4, 0.5) is 0 Å². The van der Waals surface area contributed by atoms with Crippen molar-refractivity contribution in [2.75, 3.05) is 0 Å². The van der Waals surface area contributed by atoms with Crippen molar-refractivity contribution in [1.82, 2.24) is 0 Å². The number of Topliss-reactive ketones (excluding diaryl/α,β-unsaturated/α-hetero) is 1. The molecule has 0 bridgehead atoms. The number of carboxylic acids is 1. The Kier molecular flexibility index (Phi) is 2.44. The summed E-state index contributed by atoms with van der Waals surface area (Å²) < 4.78 is 0.825. The van der Waals surface area contributed by atoms with Gasteiger partial charge in [-0.3, -0.25) is 4.79 Å². The van der Waals surface area contributed by atoms with Crippen LogP contribution >= 0.6 is 15.9 Å². The smallest absolute Gasteiger partial charge is 0.328 e. The molecule has 1 aromatic carbocycles. The first-order valence-corrected chi connectivity index (χ1v) is 5.14. The number of carbonyl (C=O) groups is 2. The van der Waals surface area contributed by atoms with E-state index in [-0.39, 0.29) is 5.78 Å². The van der Waals surface area contributed by atoms with Crippen molar-refractivity contribution in [1.29, 1.82) is 0 Å². The van der Waals surface area contributed by atoms with E-state index in [2.05, 4.69) is 15.9 Å². The molecule has 0 radical (unpaired) electrons. The maximum absolute atomic E-state index is 11.7. The van der Waals surface area contributed by atoms with Gasteiger partial charge >= 0.3 is 5.97 Å². The van der Waals surface area contributed by atoms with Crippen LogP contribution in [0, 0.1) is 0 Å². The quantitative estimate of drug-likeness (QED) is 0.793. The molecule has 0 amide bonds. The van der Waals surface area contributed by atoms with Gasteiger partial charge in [0.2, 0.25) is 0 Å². The van der Waals surface area contributed by atoms with Crippen LogP contribution in [0.5, 0.6) is 0 Å². The van der Waals surface area contributed by atoms with Gasteiger partial charge in [0.15, 0.2) is 5.78 Å². The van der Waals surface area contributed by atoms with E-state index in [0.29, 0.717) is 17.6 Å². The first kappa shape index (κ1) is 10.1. The Balaban J connectivity index is 2.46. The van der Waals surface area contributed by atoms with Crippen LogP contribution in [0.15, 0.2) is 34.3 Å². The lowest BCUT2D eigenvalue weighted by molar-refractivity contribution is -0.131. The number of halogens is 1. The van der Waals surface area contributed by atoms with E-state index in [0.717, 1.165) is 16.1 Å². The summed E-state index contributed by atoms with van der Waals surface area (Å²) in [5.74, 6) is -1.26. The molecule has 3 nitrogen and oxygen atoms in total. The molecule has 0 aliphatic heterocycles. The van der Waals surface area contributed by atoms with Gasteiger partial charge in [-0.2, -0.15) is 0 Å². The van der Waals surface area contributed by atoms with Gasteiger partial charge in [0.25, 0.3) is 0 Å². The molecule has 0 spiro atoms. The van der Waals surface area contributed by atoms with E-state index < -0.39 is 5.97 Å². The van der Waals surface area contributed by atoms with Crippen LogP contribution in [0.3, 0.4) is 0 Å². The van der Waals surface area contributed by atoms with E-state index in [1.165, 1.54) is 0 Å². The van der Waals surface area contributed by atoms with Crippen LogP contribution in [0.1, 0.15) is 15.9 Å². The van der Waals surface area contributed by atoms with Gasteiger partial charge in [-0.05, 0) is 17.7 Å². The number of hydrogen-bond donors (Lipinski definition) is 1. The molecular formula is C11H7BrO3. The average Bonchev–Trinajstić information content (AvgIpc) is 2.44. The largest absolute Gasteiger partial charge is 0.478 e. The molecule has 1 aliphatic rings. The Morgan fingerprint density at radius 2 is 2.20 bits per heavy atom. The SMILES string of the molecule is O=C(O)C=C1Cc2ccc(Br)cc2C1=O. The fourth-order valence-electron chi connectivity index (χ4n) is 1.64. The molecule has 2 rings (SSSR count). The first-order valence-electron chi connectivity index (χ1n) is 4.34. The van der Waals surface area contributed by atoms with Gasteiger partial charge in [0.05, 0.1) is 0 Å². The molecule has 0 heterocycles. The molecule has 4 heteroatoms. The van der Waals surface area contributed by atoms with Gasteiger partial charge in [0.1, 0.15) is 0 Å². The topological polar surface area (TPSA) is 54.4 Å². The van der Waals surface area contributed by atoms with Crippen molar-refractivity contribution in [3.05, 3.63) is 45.4 Å². The number of ketones is 1. The Morgan fingerprint density at radius 1 is 1.47 bits per heavy atom. The summed E-state index contributed by atoms with van der Waals surface area (Å²) in [6.45, 7) is 0. The lowest BCUT2D eigenvalue weighted by atomic mass is 10.1. The molecule has 0 saturated carbocycles. The predicted octanol–water partition coefficient (Wildman–Crippen LogP) is 2.20. The fraction of sp³-hybridized carbons (Fsp3) is 0.0909. The van der Waals surface area contributed by atoms with Crippen LogP contribution < -0.4 is 0 Å². The second-order valence-electron chi connectivity index (χ2n) is 3.32. The average molecular weight is 267 g/mol. The van der Waals surface area contributed by atoms with Gasteiger partial charge in [-0.1, -0.05) is 22.0 Å². The monoisotopic (exact) mass is 266 g/mol. The van der Waals surface area contributed by atoms with E-state index in [9.17, 15) is 9.59 Å². The third kappa shape index (κ3) is 1.85. The number of carbonyl (C=O) groups excluding carboxylic acids is 1. The highest BCUT2D eigenvalue weighted by Gasteiger charge is 2.25. The second kappa shape index (κ2) is 3.62. The molecule has 0 saturated heterocycles. The molecule has 15 heavy (non-hydrogen) atoms. The van der Waals surface area contributed by atoms with Crippen molar-refractivity contribution in [2.45, 2.75) is 6.42 Å². The Hall–Kier alpha value is -1.42. The van der Waals surface area contributed by atoms with Crippen molar-refractivity contribution < 1.29 is 14.7 Å². The minimum absolute atomic E-state index is 0.186. The standard InChI is InChI=1S/C11H7BrO3/c12-8-2-1-6-3-7(4-10(13)14)11(15)9(6)5-8/h1-2,4-5H,3H2,(H,13,14). The van der Waals surface area contributed by atoms with E-state index in [1.54, 1.807) is 6.07 Å². The zero-order chi connectivity index (χ0) is 11.0. The number of fused-ring (bicyclic) bond motifs is 1. The number of benzene rings is 1. The number of rotatable bonds is 1. The van der Waals surface area contributed by atoms with Crippen molar-refractivity contribution >= 4 is 27.7 Å². The number of aliphatic carboxylic acids is 1. The van der Waals surface area contributed by atoms with Crippen LogP contribution in [-0.4, -0.2) is 16.9 Å². The maximum atomic E-state index is 11.7. The van der Waals surface area contributed by atoms with Crippen LogP contribution in [0.2, 0.25) is 0 Å². The third-order valence-electron chi connectivity index (χ3n) is 2.29. The van der Waals surface area contributed by atoms with E-state index >= 15 is 0 Å². The Morgan fingerprint density at radius 3 is 2.87 bits per heavy atom. The molecule has 0 atom stereocenters. The highest BCUT2D eigenvalue weighted by molar-refractivity contribution is 9.10. The summed E-state index contributed by atoms with van der Waals surface area (Å²) >= 11 is 3.28. The highest BCUT2D eigenvalue weighted by Crippen LogP contribution is 2.28. The zero-order valence-corrected chi connectivity index (χ0v) is 9.24. The predicted molar refractivity (Wildman–Crippen MR) is 57.9 cm³/mol. The van der Waals surface area contributed by atoms with Crippen LogP contribution in [-0.2, 0) is 11.2 Å². The van der Waals surface area contributed by atoms with Gasteiger partial charge < -0.3 is 5.11 Å². The highest BCUT2D eigenvalue weighted by atomic mass is 79.9. The summed E-state index contributed by atoms with van der Waals surface area (Å²) in [5, 5.41) is 8.59. The zero-order valence-electron chi connectivity index (χ0n) is 7.66. The minimum Gasteiger partial charge on any atom is -0.478 e. The van der Waals surface area contributed by atoms with Gasteiger partial charge in [0, 0.05) is 28.1 Å². The molecule has 0 fully saturated rings. The first-order chi connectivity index (χ1) is 7.08. The van der Waals surface area contributed by atoms with E-state index in [1.807, 2.05) is 12.1 Å². The maximum Gasteiger partial charge on any atom is 0.328 e. The molecular weight excluding hydrogens is 260 g/mol. The summed E-state index contributed by atoms with van der Waals surface area (Å²) in [7, 11) is 0. The van der Waals surface area contributed by atoms with Crippen LogP contribution in [0.25, 0.3) is 0 Å². The number of carboxylic acid groups (broad SMARTS) is 1. The molecule has 1 aromatic rings.